The number of hydrogen-bond donors (Lipinski definition) is 0. The number of rotatable bonds is 7. The normalized spacial score (nSPS) is 12.0. The van der Waals surface area contributed by atoms with Crippen LogP contribution < -0.4 is 9.25 Å². The van der Waals surface area contributed by atoms with Gasteiger partial charge in [-0.2, -0.15) is 0 Å². The van der Waals surface area contributed by atoms with Crippen molar-refractivity contribution in [2.45, 2.75) is 98.5 Å². The van der Waals surface area contributed by atoms with E-state index in [1.807, 2.05) is 62.7 Å². The van der Waals surface area contributed by atoms with Crippen LogP contribution in [0.4, 0.5) is 4.79 Å². The fraction of sp³-hybridized carbons (Fsp3) is 0.417. The van der Waals surface area contributed by atoms with E-state index in [9.17, 15) is 17.8 Å². The van der Waals surface area contributed by atoms with Crippen molar-refractivity contribution in [2.75, 3.05) is 6.61 Å². The second-order valence-electron chi connectivity index (χ2n) is 12.6. The SMILES string of the molecule is CCCCOc1ccc2c3cc[n+]4nc(CC)c(CC)cc4c3n(C(=O)OC(C)(C)C)c2c1.Cc1cc(C)c(S(=O)(=O)[O-])c(C)c1. The molecule has 0 fully saturated rings. The van der Waals surface area contributed by atoms with Gasteiger partial charge in [0, 0.05) is 34.1 Å². The summed E-state index contributed by atoms with van der Waals surface area (Å²) < 4.78 is 47.8. The minimum atomic E-state index is -4.33. The average molecular weight is 648 g/mol. The smallest absolute Gasteiger partial charge is 0.419 e. The number of ether oxygens (including phenoxy) is 2. The number of unbranched alkanes of at least 4 members (excludes halogenated alkanes) is 1. The molecule has 0 atom stereocenters. The lowest BCUT2D eigenvalue weighted by Crippen LogP contribution is -2.31. The molecular formula is C36H45N3O6S. The molecule has 0 aliphatic rings. The zero-order chi connectivity index (χ0) is 34.0. The summed E-state index contributed by atoms with van der Waals surface area (Å²) in [6.45, 7) is 17.8. The molecule has 246 valence electrons. The van der Waals surface area contributed by atoms with E-state index in [0.717, 1.165) is 70.0 Å². The Balaban J connectivity index is 0.000000310. The van der Waals surface area contributed by atoms with Crippen LogP contribution in [0.3, 0.4) is 0 Å². The van der Waals surface area contributed by atoms with Gasteiger partial charge >= 0.3 is 6.09 Å². The number of hydrogen-bond acceptors (Lipinski definition) is 7. The molecular weight excluding hydrogens is 602 g/mol. The highest BCUT2D eigenvalue weighted by Gasteiger charge is 2.27. The third-order valence-corrected chi connectivity index (χ3v) is 8.82. The molecule has 0 radical (unpaired) electrons. The molecule has 0 amide bonds. The highest BCUT2D eigenvalue weighted by atomic mass is 32.2. The molecule has 5 rings (SSSR count). The van der Waals surface area contributed by atoms with E-state index in [1.54, 1.807) is 30.5 Å². The molecule has 46 heavy (non-hydrogen) atoms. The van der Waals surface area contributed by atoms with Gasteiger partial charge in [-0.25, -0.2) is 17.8 Å². The molecule has 0 saturated heterocycles. The highest BCUT2D eigenvalue weighted by Crippen LogP contribution is 2.34. The lowest BCUT2D eigenvalue weighted by molar-refractivity contribution is -0.580. The average Bonchev–Trinajstić information content (AvgIpc) is 3.29. The van der Waals surface area contributed by atoms with Crippen LogP contribution in [0.5, 0.6) is 5.75 Å². The molecule has 2 aromatic carbocycles. The van der Waals surface area contributed by atoms with Gasteiger partial charge in [0.05, 0.1) is 17.0 Å². The highest BCUT2D eigenvalue weighted by molar-refractivity contribution is 7.85. The molecule has 0 spiro atoms. The topological polar surface area (TPSA) is 115 Å². The first-order chi connectivity index (χ1) is 21.6. The molecule has 10 heteroatoms. The minimum absolute atomic E-state index is 0.0851. The fourth-order valence-corrected chi connectivity index (χ4v) is 6.71. The molecule has 9 nitrogen and oxygen atoms in total. The largest absolute Gasteiger partial charge is 0.744 e. The summed E-state index contributed by atoms with van der Waals surface area (Å²) in [5.41, 5.74) is 6.11. The molecule has 3 aromatic heterocycles. The van der Waals surface area contributed by atoms with Gasteiger partial charge in [0.2, 0.25) is 6.20 Å². The Morgan fingerprint density at radius 3 is 2.20 bits per heavy atom. The second-order valence-corrected chi connectivity index (χ2v) is 13.9. The maximum Gasteiger partial charge on any atom is 0.419 e. The van der Waals surface area contributed by atoms with Crippen molar-refractivity contribution in [1.82, 2.24) is 9.67 Å². The molecule has 5 aromatic rings. The van der Waals surface area contributed by atoms with Crippen molar-refractivity contribution in [3.05, 3.63) is 76.6 Å². The molecule has 0 N–H and O–H groups in total. The quantitative estimate of drug-likeness (QED) is 0.102. The summed E-state index contributed by atoms with van der Waals surface area (Å²) >= 11 is 0. The Bertz CT molecular complexity index is 2000. The standard InChI is InChI=1S/C27H34N3O3.C9H12O3S/c1-7-10-15-32-19-11-12-20-21-13-14-29-24(16-18(8-2)22(9-3)28-29)25(21)30(23(20)17-19)26(31)33-27(4,5)6;1-6-4-7(2)9(8(3)5-6)13(10,11)12/h11-14,16-17H,7-10,15H2,1-6H3;4-5H,1-3H3,(H,10,11,12)/q+1;/p-1. The fourth-order valence-electron chi connectivity index (χ4n) is 5.80. The van der Waals surface area contributed by atoms with Gasteiger partial charge in [0.1, 0.15) is 32.7 Å². The van der Waals surface area contributed by atoms with Crippen LogP contribution in [0.15, 0.2) is 53.6 Å². The first-order valence-electron chi connectivity index (χ1n) is 15.8. The number of benzene rings is 2. The molecule has 0 aliphatic heterocycles. The summed E-state index contributed by atoms with van der Waals surface area (Å²) in [5.74, 6) is 0.751. The van der Waals surface area contributed by atoms with Gasteiger partial charge in [-0.15, -0.1) is 0 Å². The van der Waals surface area contributed by atoms with Gasteiger partial charge in [0.25, 0.3) is 5.52 Å². The predicted molar refractivity (Wildman–Crippen MR) is 180 cm³/mol. The summed E-state index contributed by atoms with van der Waals surface area (Å²) in [6.07, 6.45) is 5.36. The van der Waals surface area contributed by atoms with Gasteiger partial charge in [-0.3, -0.25) is 0 Å². The van der Waals surface area contributed by atoms with E-state index in [0.29, 0.717) is 17.7 Å². The Kier molecular flexibility index (Phi) is 10.4. The van der Waals surface area contributed by atoms with Gasteiger partial charge in [-0.1, -0.05) is 49.4 Å². The number of carbonyl (C=O) groups excluding carboxylic acids is 1. The van der Waals surface area contributed by atoms with E-state index in [-0.39, 0.29) is 4.90 Å². The number of nitrogens with zero attached hydrogens (tertiary/aromatic N) is 3. The third kappa shape index (κ3) is 7.50. The lowest BCUT2D eigenvalue weighted by atomic mass is 10.1. The zero-order valence-corrected chi connectivity index (χ0v) is 29.2. The number of aryl methyl sites for hydroxylation is 5. The maximum atomic E-state index is 13.5. The summed E-state index contributed by atoms with van der Waals surface area (Å²) in [6, 6.07) is 13.5. The van der Waals surface area contributed by atoms with Crippen LogP contribution in [-0.4, -0.2) is 40.9 Å². The first-order valence-corrected chi connectivity index (χ1v) is 17.2. The molecule has 3 heterocycles. The Morgan fingerprint density at radius 1 is 0.957 bits per heavy atom. The van der Waals surface area contributed by atoms with Crippen molar-refractivity contribution in [1.29, 1.82) is 0 Å². The van der Waals surface area contributed by atoms with Crippen LogP contribution in [-0.2, 0) is 27.7 Å². The van der Waals surface area contributed by atoms with Crippen LogP contribution in [0.25, 0.3) is 27.3 Å². The van der Waals surface area contributed by atoms with Crippen LogP contribution in [0.2, 0.25) is 0 Å². The van der Waals surface area contributed by atoms with Crippen LogP contribution in [0, 0.1) is 20.8 Å². The first kappa shape index (κ1) is 34.8. The number of fused-ring (bicyclic) bond motifs is 5. The molecule has 0 unspecified atom stereocenters. The van der Waals surface area contributed by atoms with E-state index >= 15 is 0 Å². The second kappa shape index (κ2) is 13.8. The summed E-state index contributed by atoms with van der Waals surface area (Å²) in [4.78, 5) is 13.4. The summed E-state index contributed by atoms with van der Waals surface area (Å²) in [5, 5.41) is 6.83. The monoisotopic (exact) mass is 647 g/mol. The summed E-state index contributed by atoms with van der Waals surface area (Å²) in [7, 11) is -4.33. The van der Waals surface area contributed by atoms with Gasteiger partial charge < -0.3 is 14.0 Å². The maximum absolute atomic E-state index is 13.5. The minimum Gasteiger partial charge on any atom is -0.744 e. The van der Waals surface area contributed by atoms with Crippen molar-refractivity contribution < 1.29 is 31.8 Å². The number of carbonyl (C=O) groups is 1. The van der Waals surface area contributed by atoms with Crippen molar-refractivity contribution in [2.24, 2.45) is 0 Å². The predicted octanol–water partition coefficient (Wildman–Crippen LogP) is 7.53. The van der Waals surface area contributed by atoms with Crippen LogP contribution >= 0.6 is 0 Å². The third-order valence-electron chi connectivity index (χ3n) is 7.67. The Labute approximate surface area is 271 Å². The van der Waals surface area contributed by atoms with Crippen LogP contribution in [0.1, 0.15) is 82.3 Å². The Hall–Kier alpha value is -4.02. The zero-order valence-electron chi connectivity index (χ0n) is 28.4. The van der Waals surface area contributed by atoms with Gasteiger partial charge in [-0.05, 0) is 89.6 Å². The van der Waals surface area contributed by atoms with Gasteiger partial charge in [0.15, 0.2) is 0 Å². The molecule has 0 aliphatic carbocycles. The molecule has 0 bridgehead atoms. The number of pyridine rings is 1. The van der Waals surface area contributed by atoms with E-state index in [4.69, 9.17) is 14.6 Å². The Morgan fingerprint density at radius 2 is 1.63 bits per heavy atom. The van der Waals surface area contributed by atoms with E-state index in [2.05, 4.69) is 26.8 Å². The van der Waals surface area contributed by atoms with E-state index in [1.165, 1.54) is 5.56 Å². The van der Waals surface area contributed by atoms with Crippen molar-refractivity contribution >= 4 is 43.5 Å². The number of aromatic nitrogens is 3. The lowest BCUT2D eigenvalue weighted by Gasteiger charge is -2.20. The van der Waals surface area contributed by atoms with Crippen molar-refractivity contribution in [3.8, 4) is 5.75 Å². The molecule has 0 saturated carbocycles. The van der Waals surface area contributed by atoms with E-state index < -0.39 is 21.8 Å². The van der Waals surface area contributed by atoms with Crippen molar-refractivity contribution in [3.63, 3.8) is 0 Å².